The molecule has 0 aromatic heterocycles. The number of alkyl halides is 2. The van der Waals surface area contributed by atoms with Gasteiger partial charge in [-0.1, -0.05) is 12.1 Å². The second kappa shape index (κ2) is 5.73. The SMILES string of the molecule is Cc1cccc(Oc2cc(OC(F)F)c(F)cc2N)c1. The van der Waals surface area contributed by atoms with Crippen LogP contribution in [0.3, 0.4) is 0 Å². The summed E-state index contributed by atoms with van der Waals surface area (Å²) in [5, 5.41) is 0. The summed E-state index contributed by atoms with van der Waals surface area (Å²) < 4.78 is 47.2. The second-order valence-electron chi connectivity index (χ2n) is 4.12. The van der Waals surface area contributed by atoms with Gasteiger partial charge in [-0.2, -0.15) is 8.78 Å². The molecular formula is C14H12F3NO2. The number of nitrogens with two attached hydrogens (primary N) is 1. The molecule has 0 aliphatic carbocycles. The molecule has 6 heteroatoms. The number of ether oxygens (including phenoxy) is 2. The molecular weight excluding hydrogens is 271 g/mol. The molecule has 2 aromatic rings. The molecule has 0 saturated carbocycles. The first-order valence-corrected chi connectivity index (χ1v) is 5.74. The molecule has 0 unspecified atom stereocenters. The maximum absolute atomic E-state index is 13.4. The van der Waals surface area contributed by atoms with E-state index in [1.54, 1.807) is 18.2 Å². The van der Waals surface area contributed by atoms with Crippen molar-refractivity contribution in [3.63, 3.8) is 0 Å². The summed E-state index contributed by atoms with van der Waals surface area (Å²) in [7, 11) is 0. The summed E-state index contributed by atoms with van der Waals surface area (Å²) in [5.41, 5.74) is 6.54. The van der Waals surface area contributed by atoms with Gasteiger partial charge >= 0.3 is 6.61 Å². The van der Waals surface area contributed by atoms with Crippen molar-refractivity contribution in [3.8, 4) is 17.2 Å². The zero-order valence-electron chi connectivity index (χ0n) is 10.6. The summed E-state index contributed by atoms with van der Waals surface area (Å²) in [4.78, 5) is 0. The second-order valence-corrected chi connectivity index (χ2v) is 4.12. The van der Waals surface area contributed by atoms with Gasteiger partial charge < -0.3 is 15.2 Å². The molecule has 0 bridgehead atoms. The number of nitrogen functional groups attached to an aromatic ring is 1. The van der Waals surface area contributed by atoms with Gasteiger partial charge in [0.1, 0.15) is 5.75 Å². The minimum absolute atomic E-state index is 0.00868. The Hall–Kier alpha value is -2.37. The van der Waals surface area contributed by atoms with E-state index in [2.05, 4.69) is 4.74 Å². The minimum Gasteiger partial charge on any atom is -0.455 e. The number of hydrogen-bond donors (Lipinski definition) is 1. The van der Waals surface area contributed by atoms with E-state index < -0.39 is 18.2 Å². The summed E-state index contributed by atoms with van der Waals surface area (Å²) in [6.07, 6.45) is 0. The number of rotatable bonds is 4. The number of anilines is 1. The fourth-order valence-corrected chi connectivity index (χ4v) is 1.63. The number of aryl methyl sites for hydroxylation is 1. The molecule has 0 amide bonds. The molecule has 0 heterocycles. The Morgan fingerprint density at radius 1 is 1.10 bits per heavy atom. The van der Waals surface area contributed by atoms with Gasteiger partial charge in [0, 0.05) is 12.1 Å². The fourth-order valence-electron chi connectivity index (χ4n) is 1.63. The van der Waals surface area contributed by atoms with Crippen molar-refractivity contribution in [2.24, 2.45) is 0 Å². The predicted molar refractivity (Wildman–Crippen MR) is 68.7 cm³/mol. The lowest BCUT2D eigenvalue weighted by Gasteiger charge is -2.12. The van der Waals surface area contributed by atoms with Gasteiger partial charge in [0.05, 0.1) is 5.69 Å². The van der Waals surface area contributed by atoms with E-state index in [4.69, 9.17) is 10.5 Å². The highest BCUT2D eigenvalue weighted by Crippen LogP contribution is 2.34. The number of benzene rings is 2. The van der Waals surface area contributed by atoms with Crippen LogP contribution < -0.4 is 15.2 Å². The molecule has 0 radical (unpaired) electrons. The fraction of sp³-hybridized carbons (Fsp3) is 0.143. The van der Waals surface area contributed by atoms with Gasteiger partial charge in [0.2, 0.25) is 0 Å². The molecule has 0 aliphatic heterocycles. The van der Waals surface area contributed by atoms with Crippen LogP contribution in [0.5, 0.6) is 17.2 Å². The summed E-state index contributed by atoms with van der Waals surface area (Å²) >= 11 is 0. The Kier molecular flexibility index (Phi) is 4.02. The van der Waals surface area contributed by atoms with E-state index in [9.17, 15) is 13.2 Å². The Bertz CT molecular complexity index is 617. The predicted octanol–water partition coefficient (Wildman–Crippen LogP) is 4.11. The Balaban J connectivity index is 2.31. The van der Waals surface area contributed by atoms with Crippen molar-refractivity contribution in [2.45, 2.75) is 13.5 Å². The molecule has 0 spiro atoms. The largest absolute Gasteiger partial charge is 0.455 e. The topological polar surface area (TPSA) is 44.5 Å². The molecule has 0 saturated heterocycles. The van der Waals surface area contributed by atoms with Crippen molar-refractivity contribution < 1.29 is 22.6 Å². The third kappa shape index (κ3) is 3.34. The normalized spacial score (nSPS) is 10.7. The van der Waals surface area contributed by atoms with Gasteiger partial charge in [-0.05, 0) is 24.6 Å². The molecule has 0 fully saturated rings. The Morgan fingerprint density at radius 2 is 1.85 bits per heavy atom. The highest BCUT2D eigenvalue weighted by Gasteiger charge is 2.14. The summed E-state index contributed by atoms with van der Waals surface area (Å²) in [5.74, 6) is -1.07. The lowest BCUT2D eigenvalue weighted by molar-refractivity contribution is -0.0522. The van der Waals surface area contributed by atoms with Crippen LogP contribution in [0.25, 0.3) is 0 Å². The van der Waals surface area contributed by atoms with Crippen LogP contribution in [0.15, 0.2) is 36.4 Å². The maximum atomic E-state index is 13.4. The minimum atomic E-state index is -3.13. The Labute approximate surface area is 113 Å². The first-order valence-electron chi connectivity index (χ1n) is 5.74. The monoisotopic (exact) mass is 283 g/mol. The van der Waals surface area contributed by atoms with Crippen LogP contribution in [0, 0.1) is 12.7 Å². The third-order valence-electron chi connectivity index (χ3n) is 2.50. The van der Waals surface area contributed by atoms with E-state index in [0.29, 0.717) is 5.75 Å². The highest BCUT2D eigenvalue weighted by atomic mass is 19.3. The van der Waals surface area contributed by atoms with E-state index >= 15 is 0 Å². The molecule has 106 valence electrons. The van der Waals surface area contributed by atoms with Crippen LogP contribution in [0.2, 0.25) is 0 Å². The molecule has 3 nitrogen and oxygen atoms in total. The van der Waals surface area contributed by atoms with Crippen LogP contribution in [-0.4, -0.2) is 6.61 Å². The zero-order valence-corrected chi connectivity index (χ0v) is 10.6. The molecule has 2 rings (SSSR count). The van der Waals surface area contributed by atoms with Gasteiger partial charge in [-0.15, -0.1) is 0 Å². The first kappa shape index (κ1) is 14.0. The summed E-state index contributed by atoms with van der Waals surface area (Å²) in [6, 6.07) is 8.91. The van der Waals surface area contributed by atoms with Crippen LogP contribution >= 0.6 is 0 Å². The van der Waals surface area contributed by atoms with E-state index in [1.165, 1.54) is 0 Å². The van der Waals surface area contributed by atoms with Crippen LogP contribution in [-0.2, 0) is 0 Å². The van der Waals surface area contributed by atoms with Crippen molar-refractivity contribution in [1.82, 2.24) is 0 Å². The number of halogens is 3. The smallest absolute Gasteiger partial charge is 0.387 e. The van der Waals surface area contributed by atoms with Gasteiger partial charge in [0.15, 0.2) is 17.3 Å². The zero-order chi connectivity index (χ0) is 14.7. The Morgan fingerprint density at radius 3 is 2.50 bits per heavy atom. The lowest BCUT2D eigenvalue weighted by atomic mass is 10.2. The average molecular weight is 283 g/mol. The van der Waals surface area contributed by atoms with E-state index in [0.717, 1.165) is 17.7 Å². The van der Waals surface area contributed by atoms with Crippen molar-refractivity contribution in [1.29, 1.82) is 0 Å². The van der Waals surface area contributed by atoms with Gasteiger partial charge in [-0.3, -0.25) is 0 Å². The van der Waals surface area contributed by atoms with Crippen LogP contribution in [0.1, 0.15) is 5.56 Å². The molecule has 20 heavy (non-hydrogen) atoms. The van der Waals surface area contributed by atoms with Crippen LogP contribution in [0.4, 0.5) is 18.9 Å². The highest BCUT2D eigenvalue weighted by molar-refractivity contribution is 5.57. The maximum Gasteiger partial charge on any atom is 0.387 e. The van der Waals surface area contributed by atoms with Crippen molar-refractivity contribution >= 4 is 5.69 Å². The standard InChI is InChI=1S/C14H12F3NO2/c1-8-3-2-4-9(5-8)19-13-7-12(20-14(16)17)10(15)6-11(13)18/h2-7,14H,18H2,1H3. The van der Waals surface area contributed by atoms with E-state index in [1.807, 2.05) is 13.0 Å². The molecule has 0 atom stereocenters. The number of hydrogen-bond acceptors (Lipinski definition) is 3. The quantitative estimate of drug-likeness (QED) is 0.859. The van der Waals surface area contributed by atoms with Crippen molar-refractivity contribution in [2.75, 3.05) is 5.73 Å². The summed E-state index contributed by atoms with van der Waals surface area (Å²) in [6.45, 7) is -1.26. The van der Waals surface area contributed by atoms with E-state index in [-0.39, 0.29) is 11.4 Å². The molecule has 2 aromatic carbocycles. The van der Waals surface area contributed by atoms with Gasteiger partial charge in [-0.25, -0.2) is 4.39 Å². The molecule has 0 aliphatic rings. The third-order valence-corrected chi connectivity index (χ3v) is 2.50. The lowest BCUT2D eigenvalue weighted by Crippen LogP contribution is -2.05. The molecule has 2 N–H and O–H groups in total. The van der Waals surface area contributed by atoms with Gasteiger partial charge in [0.25, 0.3) is 0 Å². The van der Waals surface area contributed by atoms with Crippen molar-refractivity contribution in [3.05, 3.63) is 47.8 Å². The average Bonchev–Trinajstić information content (AvgIpc) is 2.34. The first-order chi connectivity index (χ1) is 9.45.